The molecular weight excluding hydrogens is 326 g/mol. The lowest BCUT2D eigenvalue weighted by Crippen LogP contribution is -2.16. The number of hydrogen-bond donors (Lipinski definition) is 1. The third kappa shape index (κ3) is 5.64. The number of aryl methyl sites for hydroxylation is 1. The maximum absolute atomic E-state index is 5.64. The lowest BCUT2D eigenvalue weighted by atomic mass is 10.2. The molecule has 0 saturated heterocycles. The van der Waals surface area contributed by atoms with E-state index in [0.717, 1.165) is 31.8 Å². The monoisotopic (exact) mass is 345 g/mol. The zero-order valence-electron chi connectivity index (χ0n) is 13.2. The molecule has 2 heterocycles. The van der Waals surface area contributed by atoms with Gasteiger partial charge in [-0.2, -0.15) is 0 Å². The van der Waals surface area contributed by atoms with E-state index in [2.05, 4.69) is 30.9 Å². The van der Waals surface area contributed by atoms with E-state index in [9.17, 15) is 0 Å². The highest BCUT2D eigenvalue weighted by atomic mass is 35.5. The molecule has 0 unspecified atom stereocenters. The summed E-state index contributed by atoms with van der Waals surface area (Å²) in [5.74, 6) is 0.744. The Bertz CT molecular complexity index is 706. The molecular formula is C17H20ClN5O. The van der Waals surface area contributed by atoms with E-state index in [4.69, 9.17) is 4.74 Å². The first-order valence-corrected chi connectivity index (χ1v) is 7.60. The lowest BCUT2D eigenvalue weighted by molar-refractivity contribution is 0.441. The first kappa shape index (κ1) is 17.9. The molecule has 6 nitrogen and oxygen atoms in total. The molecule has 3 aromatic rings. The number of rotatable bonds is 8. The normalized spacial score (nSPS) is 10.2. The molecule has 0 aliphatic rings. The number of imidazole rings is 1. The van der Waals surface area contributed by atoms with Crippen LogP contribution in [-0.2, 0) is 13.1 Å². The second kappa shape index (κ2) is 9.64. The molecule has 7 heteroatoms. The first-order valence-electron chi connectivity index (χ1n) is 7.60. The predicted octanol–water partition coefficient (Wildman–Crippen LogP) is 3.07. The number of hydrogen-bond acceptors (Lipinski definition) is 5. The summed E-state index contributed by atoms with van der Waals surface area (Å²) in [6, 6.07) is 10.1. The molecule has 24 heavy (non-hydrogen) atoms. The molecule has 0 amide bonds. The van der Waals surface area contributed by atoms with Crippen molar-refractivity contribution in [2.45, 2.75) is 19.5 Å². The summed E-state index contributed by atoms with van der Waals surface area (Å²) in [5, 5.41) is 3.43. The average Bonchev–Trinajstić information content (AvgIpc) is 3.09. The molecule has 0 aliphatic carbocycles. The number of benzene rings is 1. The summed E-state index contributed by atoms with van der Waals surface area (Å²) < 4.78 is 7.71. The van der Waals surface area contributed by atoms with E-state index in [1.54, 1.807) is 24.7 Å². The zero-order valence-corrected chi connectivity index (χ0v) is 14.0. The summed E-state index contributed by atoms with van der Waals surface area (Å²) in [7, 11) is 0. The van der Waals surface area contributed by atoms with Crippen LogP contribution in [0.1, 0.15) is 12.0 Å². The van der Waals surface area contributed by atoms with Crippen LogP contribution in [0.2, 0.25) is 0 Å². The number of nitrogens with zero attached hydrogens (tertiary/aromatic N) is 4. The smallest absolute Gasteiger partial charge is 0.321 e. The summed E-state index contributed by atoms with van der Waals surface area (Å²) in [4.78, 5) is 12.1. The second-order valence-corrected chi connectivity index (χ2v) is 5.11. The molecule has 3 rings (SSSR count). The van der Waals surface area contributed by atoms with E-state index >= 15 is 0 Å². The predicted molar refractivity (Wildman–Crippen MR) is 94.3 cm³/mol. The molecule has 0 aliphatic heterocycles. The fourth-order valence-corrected chi connectivity index (χ4v) is 2.20. The molecule has 0 bridgehead atoms. The summed E-state index contributed by atoms with van der Waals surface area (Å²) in [6.07, 6.45) is 10.0. The van der Waals surface area contributed by atoms with Crippen molar-refractivity contribution in [3.63, 3.8) is 0 Å². The summed E-state index contributed by atoms with van der Waals surface area (Å²) >= 11 is 0. The third-order valence-electron chi connectivity index (χ3n) is 3.31. The van der Waals surface area contributed by atoms with Gasteiger partial charge in [0.05, 0.1) is 6.33 Å². The molecule has 1 aromatic carbocycles. The lowest BCUT2D eigenvalue weighted by Gasteiger charge is -2.08. The van der Waals surface area contributed by atoms with Gasteiger partial charge >= 0.3 is 6.01 Å². The van der Waals surface area contributed by atoms with Crippen LogP contribution in [0.3, 0.4) is 0 Å². The van der Waals surface area contributed by atoms with Crippen molar-refractivity contribution in [1.82, 2.24) is 24.8 Å². The van der Waals surface area contributed by atoms with Crippen molar-refractivity contribution >= 4 is 12.4 Å². The zero-order chi connectivity index (χ0) is 15.7. The van der Waals surface area contributed by atoms with E-state index in [1.807, 2.05) is 30.7 Å². The Morgan fingerprint density at radius 1 is 1.08 bits per heavy atom. The Morgan fingerprint density at radius 3 is 2.75 bits per heavy atom. The molecule has 1 N–H and O–H groups in total. The molecule has 0 fully saturated rings. The van der Waals surface area contributed by atoms with E-state index in [1.165, 1.54) is 5.56 Å². The Morgan fingerprint density at radius 2 is 1.96 bits per heavy atom. The summed E-state index contributed by atoms with van der Waals surface area (Å²) in [6.45, 7) is 2.73. The fourth-order valence-electron chi connectivity index (χ4n) is 2.20. The van der Waals surface area contributed by atoms with Gasteiger partial charge in [0.15, 0.2) is 0 Å². The topological polar surface area (TPSA) is 64.9 Å². The van der Waals surface area contributed by atoms with Crippen molar-refractivity contribution in [1.29, 1.82) is 0 Å². The van der Waals surface area contributed by atoms with Crippen LogP contribution in [0.15, 0.2) is 61.4 Å². The van der Waals surface area contributed by atoms with Gasteiger partial charge in [-0.3, -0.25) is 0 Å². The Hall–Kier alpha value is -2.44. The number of aromatic nitrogens is 4. The maximum Gasteiger partial charge on any atom is 0.321 e. The molecule has 0 radical (unpaired) electrons. The fraction of sp³-hybridized carbons (Fsp3) is 0.235. The largest absolute Gasteiger partial charge is 0.424 e. The van der Waals surface area contributed by atoms with Gasteiger partial charge in [0.1, 0.15) is 5.75 Å². The van der Waals surface area contributed by atoms with Gasteiger partial charge in [0, 0.05) is 37.9 Å². The SMILES string of the molecule is Cl.c1cnc(Oc2cccc(CNCCCn3ccnc3)c2)nc1. The number of ether oxygens (including phenoxy) is 1. The minimum absolute atomic E-state index is 0. The maximum atomic E-state index is 5.64. The number of nitrogens with one attached hydrogen (secondary N) is 1. The molecule has 0 saturated carbocycles. The van der Waals surface area contributed by atoms with Crippen molar-refractivity contribution in [2.75, 3.05) is 6.54 Å². The minimum Gasteiger partial charge on any atom is -0.424 e. The second-order valence-electron chi connectivity index (χ2n) is 5.11. The summed E-state index contributed by atoms with van der Waals surface area (Å²) in [5.41, 5.74) is 1.17. The van der Waals surface area contributed by atoms with Crippen LogP contribution in [0.4, 0.5) is 0 Å². The van der Waals surface area contributed by atoms with Crippen LogP contribution in [0, 0.1) is 0 Å². The van der Waals surface area contributed by atoms with Crippen molar-refractivity contribution in [2.24, 2.45) is 0 Å². The Balaban J connectivity index is 0.00000208. The van der Waals surface area contributed by atoms with E-state index < -0.39 is 0 Å². The van der Waals surface area contributed by atoms with Gasteiger partial charge in [-0.05, 0) is 36.7 Å². The van der Waals surface area contributed by atoms with Crippen LogP contribution < -0.4 is 10.1 Å². The van der Waals surface area contributed by atoms with Gasteiger partial charge in [-0.1, -0.05) is 12.1 Å². The van der Waals surface area contributed by atoms with Gasteiger partial charge < -0.3 is 14.6 Å². The molecule has 0 spiro atoms. The third-order valence-corrected chi connectivity index (χ3v) is 3.31. The van der Waals surface area contributed by atoms with Crippen molar-refractivity contribution < 1.29 is 4.74 Å². The minimum atomic E-state index is 0. The van der Waals surface area contributed by atoms with Gasteiger partial charge in [-0.25, -0.2) is 15.0 Å². The Kier molecular flexibility index (Phi) is 7.20. The van der Waals surface area contributed by atoms with Crippen LogP contribution in [0.5, 0.6) is 11.8 Å². The molecule has 2 aromatic heterocycles. The van der Waals surface area contributed by atoms with E-state index in [-0.39, 0.29) is 12.4 Å². The standard InChI is InChI=1S/C17H19N5O.ClH/c1-4-15(13-18-6-3-10-22-11-9-19-14-22)12-16(5-1)23-17-20-7-2-8-21-17;/h1-2,4-5,7-9,11-12,14,18H,3,6,10,13H2;1H. The average molecular weight is 346 g/mol. The molecule has 126 valence electrons. The van der Waals surface area contributed by atoms with E-state index in [0.29, 0.717) is 6.01 Å². The number of halogens is 1. The van der Waals surface area contributed by atoms with Gasteiger partial charge in [0.25, 0.3) is 0 Å². The Labute approximate surface area is 147 Å². The van der Waals surface area contributed by atoms with Crippen LogP contribution >= 0.6 is 12.4 Å². The first-order chi connectivity index (χ1) is 11.4. The highest BCUT2D eigenvalue weighted by Gasteiger charge is 2.00. The van der Waals surface area contributed by atoms with Crippen molar-refractivity contribution in [3.05, 3.63) is 67.0 Å². The van der Waals surface area contributed by atoms with Gasteiger partial charge in [-0.15, -0.1) is 12.4 Å². The molecule has 0 atom stereocenters. The van der Waals surface area contributed by atoms with Crippen LogP contribution in [0.25, 0.3) is 0 Å². The van der Waals surface area contributed by atoms with Gasteiger partial charge in [0.2, 0.25) is 0 Å². The highest BCUT2D eigenvalue weighted by molar-refractivity contribution is 5.85. The quantitative estimate of drug-likeness (QED) is 0.636. The highest BCUT2D eigenvalue weighted by Crippen LogP contribution is 2.18. The van der Waals surface area contributed by atoms with Crippen LogP contribution in [-0.4, -0.2) is 26.1 Å². The van der Waals surface area contributed by atoms with Crippen molar-refractivity contribution in [3.8, 4) is 11.8 Å².